The summed E-state index contributed by atoms with van der Waals surface area (Å²) in [6.07, 6.45) is 4.28. The molecule has 27 heavy (non-hydrogen) atoms. The van der Waals surface area contributed by atoms with Crippen LogP contribution in [-0.4, -0.2) is 24.4 Å². The van der Waals surface area contributed by atoms with Gasteiger partial charge in [0.15, 0.2) is 0 Å². The standard InChI is InChI=1S/C22H27NO3S/c1-3-14-12-16(13-15(4-2)21-20(14)26-21)25-22(24)23-18-9-6-5-8-17(18)19-10-7-11-27-19/h5-11,14-16,20-21H,3-4,12-13H2,1-2H3,(H,23,24)/t14-,15-,16?,20-,21+/m1/s1. The number of para-hydroxylation sites is 1. The molecule has 1 aliphatic carbocycles. The maximum atomic E-state index is 12.6. The minimum absolute atomic E-state index is 0.0369. The Labute approximate surface area is 164 Å². The molecule has 1 aromatic carbocycles. The summed E-state index contributed by atoms with van der Waals surface area (Å²) in [5.41, 5.74) is 1.82. The van der Waals surface area contributed by atoms with Crippen LogP contribution in [0.2, 0.25) is 0 Å². The monoisotopic (exact) mass is 385 g/mol. The van der Waals surface area contributed by atoms with Crippen LogP contribution in [0.3, 0.4) is 0 Å². The first-order chi connectivity index (χ1) is 13.2. The number of nitrogens with one attached hydrogen (secondary N) is 1. The van der Waals surface area contributed by atoms with Crippen LogP contribution in [0, 0.1) is 11.8 Å². The fraction of sp³-hybridized carbons (Fsp3) is 0.500. The highest BCUT2D eigenvalue weighted by molar-refractivity contribution is 7.13. The third-order valence-corrected chi connectivity index (χ3v) is 6.80. The second-order valence-electron chi connectivity index (χ2n) is 7.55. The Morgan fingerprint density at radius 1 is 1.11 bits per heavy atom. The number of hydrogen-bond donors (Lipinski definition) is 1. The molecule has 1 saturated carbocycles. The molecule has 4 nitrogen and oxygen atoms in total. The van der Waals surface area contributed by atoms with Crippen molar-refractivity contribution < 1.29 is 14.3 Å². The molecule has 2 aromatic rings. The average Bonchev–Trinajstić information content (AvgIpc) is 3.30. The number of hydrogen-bond acceptors (Lipinski definition) is 4. The van der Waals surface area contributed by atoms with E-state index < -0.39 is 0 Å². The molecule has 1 N–H and O–H groups in total. The molecule has 1 amide bonds. The van der Waals surface area contributed by atoms with Crippen molar-refractivity contribution in [2.24, 2.45) is 11.8 Å². The number of amides is 1. The SMILES string of the molecule is CC[C@@H]1CC(OC(=O)Nc2ccccc2-c2cccs2)C[C@@H](CC)[C@@H]2O[C@H]12. The van der Waals surface area contributed by atoms with Gasteiger partial charge in [0.25, 0.3) is 0 Å². The predicted octanol–water partition coefficient (Wildman–Crippen LogP) is 5.95. The number of thiophene rings is 1. The van der Waals surface area contributed by atoms with Gasteiger partial charge in [-0.05, 0) is 42.2 Å². The molecule has 5 atom stereocenters. The van der Waals surface area contributed by atoms with Crippen molar-refractivity contribution in [3.8, 4) is 10.4 Å². The Balaban J connectivity index is 1.44. The summed E-state index contributed by atoms with van der Waals surface area (Å²) in [5.74, 6) is 0.977. The zero-order valence-corrected chi connectivity index (χ0v) is 16.7. The van der Waals surface area contributed by atoms with Gasteiger partial charge in [-0.25, -0.2) is 4.79 Å². The number of carbonyl (C=O) groups is 1. The molecule has 1 unspecified atom stereocenters. The lowest BCUT2D eigenvalue weighted by molar-refractivity contribution is 0.0680. The molecule has 1 aliphatic heterocycles. The molecule has 5 heteroatoms. The number of anilines is 1. The molecule has 2 fully saturated rings. The van der Waals surface area contributed by atoms with Crippen LogP contribution in [-0.2, 0) is 9.47 Å². The van der Waals surface area contributed by atoms with Gasteiger partial charge in [-0.15, -0.1) is 11.3 Å². The van der Waals surface area contributed by atoms with Crippen molar-refractivity contribution in [3.63, 3.8) is 0 Å². The van der Waals surface area contributed by atoms with E-state index in [-0.39, 0.29) is 12.2 Å². The Bertz CT molecular complexity index is 758. The summed E-state index contributed by atoms with van der Waals surface area (Å²) in [6.45, 7) is 4.40. The number of carbonyl (C=O) groups excluding carboxylic acids is 1. The van der Waals surface area contributed by atoms with Crippen molar-refractivity contribution in [3.05, 3.63) is 41.8 Å². The largest absolute Gasteiger partial charge is 0.446 e. The Kier molecular flexibility index (Phi) is 5.50. The van der Waals surface area contributed by atoms with Crippen molar-refractivity contribution in [2.75, 3.05) is 5.32 Å². The number of fused-ring (bicyclic) bond motifs is 1. The maximum absolute atomic E-state index is 12.6. The van der Waals surface area contributed by atoms with Gasteiger partial charge in [0.2, 0.25) is 0 Å². The molecule has 4 rings (SSSR count). The highest BCUT2D eigenvalue weighted by Crippen LogP contribution is 2.45. The van der Waals surface area contributed by atoms with Gasteiger partial charge in [-0.3, -0.25) is 5.32 Å². The Morgan fingerprint density at radius 3 is 2.44 bits per heavy atom. The first-order valence-corrected chi connectivity index (χ1v) is 10.8. The molecule has 1 aromatic heterocycles. The molecule has 2 heterocycles. The van der Waals surface area contributed by atoms with Crippen molar-refractivity contribution in [1.82, 2.24) is 0 Å². The molecule has 2 aliphatic rings. The lowest BCUT2D eigenvalue weighted by atomic mass is 9.95. The van der Waals surface area contributed by atoms with E-state index in [1.165, 1.54) is 0 Å². The highest BCUT2D eigenvalue weighted by atomic mass is 32.1. The van der Waals surface area contributed by atoms with Gasteiger partial charge in [-0.1, -0.05) is 51.0 Å². The number of rotatable bonds is 5. The van der Waals surface area contributed by atoms with Gasteiger partial charge < -0.3 is 9.47 Å². The number of ether oxygens (including phenoxy) is 2. The van der Waals surface area contributed by atoms with E-state index in [4.69, 9.17) is 9.47 Å². The fourth-order valence-corrected chi connectivity index (χ4v) is 5.12. The van der Waals surface area contributed by atoms with Crippen LogP contribution in [0.5, 0.6) is 0 Å². The topological polar surface area (TPSA) is 50.9 Å². The highest BCUT2D eigenvalue weighted by Gasteiger charge is 2.51. The average molecular weight is 386 g/mol. The summed E-state index contributed by atoms with van der Waals surface area (Å²) >= 11 is 1.66. The third-order valence-electron chi connectivity index (χ3n) is 5.89. The first-order valence-electron chi connectivity index (χ1n) is 9.95. The second-order valence-corrected chi connectivity index (χ2v) is 8.50. The maximum Gasteiger partial charge on any atom is 0.411 e. The van der Waals surface area contributed by atoms with E-state index in [0.29, 0.717) is 24.0 Å². The zero-order valence-electron chi connectivity index (χ0n) is 15.9. The Morgan fingerprint density at radius 2 is 1.81 bits per heavy atom. The minimum Gasteiger partial charge on any atom is -0.446 e. The van der Waals surface area contributed by atoms with Crippen LogP contribution in [0.1, 0.15) is 39.5 Å². The summed E-state index contributed by atoms with van der Waals surface area (Å²) < 4.78 is 11.8. The summed E-state index contributed by atoms with van der Waals surface area (Å²) in [5, 5.41) is 5.01. The van der Waals surface area contributed by atoms with Gasteiger partial charge in [0, 0.05) is 10.4 Å². The van der Waals surface area contributed by atoms with E-state index >= 15 is 0 Å². The minimum atomic E-state index is -0.356. The lowest BCUT2D eigenvalue weighted by Gasteiger charge is -2.23. The quantitative estimate of drug-likeness (QED) is 0.647. The van der Waals surface area contributed by atoms with Crippen molar-refractivity contribution >= 4 is 23.1 Å². The normalized spacial score (nSPS) is 27.5. The molecule has 0 bridgehead atoms. The number of epoxide rings is 1. The summed E-state index contributed by atoms with van der Waals surface area (Å²) in [4.78, 5) is 13.8. The van der Waals surface area contributed by atoms with Crippen LogP contribution in [0.4, 0.5) is 10.5 Å². The van der Waals surface area contributed by atoms with E-state index in [1.807, 2.05) is 35.7 Å². The lowest BCUT2D eigenvalue weighted by Crippen LogP contribution is -2.26. The molecule has 1 saturated heterocycles. The van der Waals surface area contributed by atoms with Crippen LogP contribution < -0.4 is 5.32 Å². The van der Waals surface area contributed by atoms with Gasteiger partial charge in [0.05, 0.1) is 17.9 Å². The molecule has 0 spiro atoms. The molecule has 144 valence electrons. The van der Waals surface area contributed by atoms with Crippen LogP contribution in [0.25, 0.3) is 10.4 Å². The fourth-order valence-electron chi connectivity index (χ4n) is 4.36. The van der Waals surface area contributed by atoms with Crippen molar-refractivity contribution in [1.29, 1.82) is 0 Å². The third kappa shape index (κ3) is 4.04. The zero-order chi connectivity index (χ0) is 18.8. The summed E-state index contributed by atoms with van der Waals surface area (Å²) in [7, 11) is 0. The predicted molar refractivity (Wildman–Crippen MR) is 109 cm³/mol. The van der Waals surface area contributed by atoms with E-state index in [2.05, 4.69) is 25.2 Å². The second kappa shape index (κ2) is 8.03. The van der Waals surface area contributed by atoms with Crippen molar-refractivity contribution in [2.45, 2.75) is 57.8 Å². The molecular formula is C22H27NO3S. The molecular weight excluding hydrogens is 358 g/mol. The number of benzene rings is 1. The summed E-state index contributed by atoms with van der Waals surface area (Å²) in [6, 6.07) is 12.0. The van der Waals surface area contributed by atoms with E-state index in [9.17, 15) is 4.79 Å². The van der Waals surface area contributed by atoms with Crippen LogP contribution >= 0.6 is 11.3 Å². The van der Waals surface area contributed by atoms with Gasteiger partial charge in [0.1, 0.15) is 6.10 Å². The van der Waals surface area contributed by atoms with E-state index in [1.54, 1.807) is 11.3 Å². The smallest absolute Gasteiger partial charge is 0.411 e. The Hall–Kier alpha value is -1.85. The molecule has 0 radical (unpaired) electrons. The van der Waals surface area contributed by atoms with Gasteiger partial charge >= 0.3 is 6.09 Å². The van der Waals surface area contributed by atoms with E-state index in [0.717, 1.165) is 41.8 Å². The first kappa shape index (κ1) is 18.5. The van der Waals surface area contributed by atoms with Gasteiger partial charge in [-0.2, -0.15) is 0 Å². The van der Waals surface area contributed by atoms with Crippen LogP contribution in [0.15, 0.2) is 41.8 Å².